The summed E-state index contributed by atoms with van der Waals surface area (Å²) in [5, 5.41) is 1.98. The van der Waals surface area contributed by atoms with E-state index in [9.17, 15) is 26.8 Å². The second-order valence-corrected chi connectivity index (χ2v) is 6.76. The van der Waals surface area contributed by atoms with Crippen molar-refractivity contribution in [3.8, 4) is 0 Å². The minimum atomic E-state index is -4.01. The van der Waals surface area contributed by atoms with Gasteiger partial charge in [0.25, 0.3) is 27.8 Å². The highest BCUT2D eigenvalue weighted by atomic mass is 35.5. The molecule has 7 nitrogen and oxygen atoms in total. The number of hydrogen-bond acceptors (Lipinski definition) is 5. The Hall–Kier alpha value is -1.78. The van der Waals surface area contributed by atoms with E-state index in [-0.39, 0.29) is 35.0 Å². The number of hydrogen-bond donors (Lipinski definition) is 2. The highest BCUT2D eigenvalue weighted by Gasteiger charge is 2.40. The van der Waals surface area contributed by atoms with Crippen LogP contribution in [0.4, 0.5) is 8.78 Å². The number of nitrogens with zero attached hydrogens (tertiary/aromatic N) is 1. The number of nitrogens with two attached hydrogens (primary N) is 1. The first-order chi connectivity index (χ1) is 10.6. The molecule has 11 heteroatoms. The summed E-state index contributed by atoms with van der Waals surface area (Å²) in [7, 11) is -4.01. The van der Waals surface area contributed by atoms with Gasteiger partial charge in [-0.2, -0.15) is 0 Å². The van der Waals surface area contributed by atoms with Crippen LogP contribution in [0.15, 0.2) is 23.1 Å². The monoisotopic (exact) mass is 383 g/mol. The fourth-order valence-corrected chi connectivity index (χ4v) is 3.72. The maximum absolute atomic E-state index is 13.0. The third-order valence-electron chi connectivity index (χ3n) is 3.36. The first-order valence-electron chi connectivity index (χ1n) is 6.71. The third kappa shape index (κ3) is 3.50. The highest BCUT2D eigenvalue weighted by molar-refractivity contribution is 7.90. The highest BCUT2D eigenvalue weighted by Crippen LogP contribution is 2.30. The summed E-state index contributed by atoms with van der Waals surface area (Å²) < 4.78 is 51.2. The number of benzene rings is 1. The molecule has 1 heterocycles. The Morgan fingerprint density at radius 3 is 2.54 bits per heavy atom. The molecule has 2 amide bonds. The first-order valence-corrected chi connectivity index (χ1v) is 8.15. The van der Waals surface area contributed by atoms with Crippen LogP contribution >= 0.6 is 12.4 Å². The number of sulfonamides is 1. The number of nitrogens with one attached hydrogen (secondary N) is 1. The molecule has 0 saturated heterocycles. The van der Waals surface area contributed by atoms with Gasteiger partial charge >= 0.3 is 0 Å². The lowest BCUT2D eigenvalue weighted by atomic mass is 10.1. The van der Waals surface area contributed by atoms with Crippen LogP contribution in [0.5, 0.6) is 0 Å². The van der Waals surface area contributed by atoms with Gasteiger partial charge < -0.3 is 11.1 Å². The number of carbonyl (C=O) groups is 2. The topological polar surface area (TPSA) is 110 Å². The molecular formula is C13H16ClF2N3O4S. The van der Waals surface area contributed by atoms with E-state index < -0.39 is 40.8 Å². The van der Waals surface area contributed by atoms with Crippen molar-refractivity contribution >= 4 is 34.2 Å². The SMILES string of the molecule is CCN1C(=O)c2ccc(C(=O)NCC(F)(F)CN)cc2S1(=O)=O.Cl. The van der Waals surface area contributed by atoms with Gasteiger partial charge in [-0.15, -0.1) is 12.4 Å². The van der Waals surface area contributed by atoms with Gasteiger partial charge in [0, 0.05) is 12.1 Å². The van der Waals surface area contributed by atoms with Gasteiger partial charge in [0.1, 0.15) is 4.90 Å². The van der Waals surface area contributed by atoms with Crippen molar-refractivity contribution in [3.05, 3.63) is 29.3 Å². The van der Waals surface area contributed by atoms with Crippen LogP contribution in [0.1, 0.15) is 27.6 Å². The molecule has 2 rings (SSSR count). The van der Waals surface area contributed by atoms with Crippen LogP contribution < -0.4 is 11.1 Å². The number of alkyl halides is 2. The molecule has 1 aromatic rings. The molecule has 134 valence electrons. The molecule has 3 N–H and O–H groups in total. The predicted octanol–water partition coefficient (Wildman–Crippen LogP) is 0.597. The van der Waals surface area contributed by atoms with Crippen LogP contribution in [-0.2, 0) is 10.0 Å². The molecule has 0 aromatic heterocycles. The number of halogens is 3. The van der Waals surface area contributed by atoms with Crippen molar-refractivity contribution in [2.75, 3.05) is 19.6 Å². The Labute approximate surface area is 143 Å². The third-order valence-corrected chi connectivity index (χ3v) is 5.26. The van der Waals surface area contributed by atoms with Crippen molar-refractivity contribution in [1.29, 1.82) is 0 Å². The number of fused-ring (bicyclic) bond motifs is 1. The van der Waals surface area contributed by atoms with E-state index >= 15 is 0 Å². The fourth-order valence-electron chi connectivity index (χ4n) is 2.11. The second-order valence-electron chi connectivity index (χ2n) is 4.93. The van der Waals surface area contributed by atoms with Gasteiger partial charge in [-0.25, -0.2) is 21.5 Å². The van der Waals surface area contributed by atoms with Gasteiger partial charge in [-0.1, -0.05) is 0 Å². The lowest BCUT2D eigenvalue weighted by Gasteiger charge is -2.14. The minimum Gasteiger partial charge on any atom is -0.346 e. The number of carbonyl (C=O) groups excluding carboxylic acids is 2. The van der Waals surface area contributed by atoms with Crippen molar-refractivity contribution in [1.82, 2.24) is 9.62 Å². The summed E-state index contributed by atoms with van der Waals surface area (Å²) in [6, 6.07) is 3.41. The van der Waals surface area contributed by atoms with Crippen LogP contribution in [0, 0.1) is 0 Å². The molecular weight excluding hydrogens is 368 g/mol. The summed E-state index contributed by atoms with van der Waals surface area (Å²) in [5.74, 6) is -4.81. The van der Waals surface area contributed by atoms with Crippen LogP contribution in [-0.4, -0.2) is 50.1 Å². The summed E-state index contributed by atoms with van der Waals surface area (Å²) in [4.78, 5) is 23.5. The van der Waals surface area contributed by atoms with Crippen LogP contribution in [0.2, 0.25) is 0 Å². The maximum Gasteiger partial charge on any atom is 0.277 e. The number of rotatable bonds is 5. The molecule has 0 aliphatic carbocycles. The Balaban J connectivity index is 0.00000288. The molecule has 0 radical (unpaired) electrons. The van der Waals surface area contributed by atoms with E-state index in [1.165, 1.54) is 19.1 Å². The van der Waals surface area contributed by atoms with Gasteiger partial charge in [-0.05, 0) is 25.1 Å². The lowest BCUT2D eigenvalue weighted by Crippen LogP contribution is -2.41. The van der Waals surface area contributed by atoms with Crippen LogP contribution in [0.3, 0.4) is 0 Å². The lowest BCUT2D eigenvalue weighted by molar-refractivity contribution is 0.0118. The summed E-state index contributed by atoms with van der Waals surface area (Å²) in [5.41, 5.74) is 4.68. The molecule has 0 bridgehead atoms. The van der Waals surface area contributed by atoms with Crippen LogP contribution in [0.25, 0.3) is 0 Å². The van der Waals surface area contributed by atoms with Gasteiger partial charge in [0.2, 0.25) is 0 Å². The summed E-state index contributed by atoms with van der Waals surface area (Å²) in [6.07, 6.45) is 0. The quantitative estimate of drug-likeness (QED) is 0.773. The largest absolute Gasteiger partial charge is 0.346 e. The van der Waals surface area contributed by atoms with E-state index in [0.29, 0.717) is 4.31 Å². The number of amides is 2. The van der Waals surface area contributed by atoms with E-state index in [1.807, 2.05) is 5.32 Å². The molecule has 24 heavy (non-hydrogen) atoms. The maximum atomic E-state index is 13.0. The average molecular weight is 384 g/mol. The van der Waals surface area contributed by atoms with Crippen molar-refractivity contribution in [2.45, 2.75) is 17.7 Å². The zero-order valence-electron chi connectivity index (χ0n) is 12.6. The zero-order valence-corrected chi connectivity index (χ0v) is 14.2. The fraction of sp³-hybridized carbons (Fsp3) is 0.385. The van der Waals surface area contributed by atoms with E-state index in [2.05, 4.69) is 0 Å². The minimum absolute atomic E-state index is 0. The van der Waals surface area contributed by atoms with Crippen molar-refractivity contribution < 1.29 is 26.8 Å². The summed E-state index contributed by atoms with van der Waals surface area (Å²) >= 11 is 0. The van der Waals surface area contributed by atoms with Gasteiger partial charge in [0.15, 0.2) is 0 Å². The Kier molecular flexibility index (Phi) is 5.91. The van der Waals surface area contributed by atoms with E-state index in [4.69, 9.17) is 5.73 Å². The average Bonchev–Trinajstić information content (AvgIpc) is 2.71. The molecule has 1 aliphatic heterocycles. The second kappa shape index (κ2) is 6.99. The Morgan fingerprint density at radius 1 is 1.38 bits per heavy atom. The molecule has 0 saturated carbocycles. The standard InChI is InChI=1S/C13H15F2N3O4S.ClH/c1-2-18-12(20)9-4-3-8(5-10(9)23(18,21)22)11(19)17-7-13(14,15)6-16;/h3-5H,2,6-7,16H2,1H3,(H,17,19);1H. The molecule has 1 aliphatic rings. The molecule has 0 unspecified atom stereocenters. The van der Waals surface area contributed by atoms with Crippen molar-refractivity contribution in [2.24, 2.45) is 5.73 Å². The Bertz CT molecular complexity index is 770. The summed E-state index contributed by atoms with van der Waals surface area (Å²) in [6.45, 7) is -0.429. The van der Waals surface area contributed by atoms with E-state index in [0.717, 1.165) is 6.07 Å². The smallest absolute Gasteiger partial charge is 0.277 e. The zero-order chi connectivity index (χ0) is 17.4. The van der Waals surface area contributed by atoms with Gasteiger partial charge in [0.05, 0.1) is 18.7 Å². The predicted molar refractivity (Wildman–Crippen MR) is 83.9 cm³/mol. The van der Waals surface area contributed by atoms with E-state index in [1.54, 1.807) is 0 Å². The van der Waals surface area contributed by atoms with Crippen molar-refractivity contribution in [3.63, 3.8) is 0 Å². The van der Waals surface area contributed by atoms with Gasteiger partial charge in [-0.3, -0.25) is 9.59 Å². The molecule has 1 aromatic carbocycles. The first kappa shape index (κ1) is 20.3. The molecule has 0 fully saturated rings. The molecule has 0 atom stereocenters. The normalized spacial score (nSPS) is 15.7. The molecule has 0 spiro atoms. The Morgan fingerprint density at radius 2 is 2.00 bits per heavy atom.